The number of amides is 1. The molecule has 1 fully saturated rings. The third-order valence-corrected chi connectivity index (χ3v) is 2.97. The summed E-state index contributed by atoms with van der Waals surface area (Å²) in [6, 6.07) is 6.67. The summed E-state index contributed by atoms with van der Waals surface area (Å²) in [5, 5.41) is 11.8. The van der Waals surface area contributed by atoms with Crippen molar-refractivity contribution in [2.24, 2.45) is 0 Å². The number of rotatable bonds is 2. The molecule has 17 heavy (non-hydrogen) atoms. The van der Waals surface area contributed by atoms with E-state index in [1.165, 1.54) is 6.07 Å². The molecule has 0 aliphatic carbocycles. The Morgan fingerprint density at radius 2 is 2.18 bits per heavy atom. The Kier molecular flexibility index (Phi) is 2.75. The molecule has 0 bridgehead atoms. The summed E-state index contributed by atoms with van der Waals surface area (Å²) in [6.07, 6.45) is 0.0298. The van der Waals surface area contributed by atoms with Gasteiger partial charge in [0.05, 0.1) is 17.7 Å². The van der Waals surface area contributed by atoms with Gasteiger partial charge in [0.1, 0.15) is 0 Å². The van der Waals surface area contributed by atoms with Crippen molar-refractivity contribution in [3.8, 4) is 0 Å². The molecule has 0 spiro atoms. The Morgan fingerprint density at radius 1 is 1.47 bits per heavy atom. The number of cyclic esters (lactones) is 1. The van der Waals surface area contributed by atoms with Gasteiger partial charge in [-0.2, -0.15) is 0 Å². The number of carbonyl (C=O) groups is 2. The van der Waals surface area contributed by atoms with Gasteiger partial charge in [-0.05, 0) is 18.6 Å². The quantitative estimate of drug-likeness (QED) is 0.818. The van der Waals surface area contributed by atoms with Crippen molar-refractivity contribution in [2.45, 2.75) is 18.9 Å². The zero-order valence-corrected chi connectivity index (χ0v) is 9.40. The van der Waals surface area contributed by atoms with Crippen LogP contribution in [0, 0.1) is 0 Å². The van der Waals surface area contributed by atoms with Crippen LogP contribution in [0.15, 0.2) is 24.3 Å². The molecule has 5 nitrogen and oxygen atoms in total. The lowest BCUT2D eigenvalue weighted by Gasteiger charge is -2.35. The fourth-order valence-electron chi connectivity index (χ4n) is 2.02. The first-order valence-corrected chi connectivity index (χ1v) is 5.31. The number of hydrogen-bond acceptors (Lipinski definition) is 3. The molecule has 0 saturated carbocycles. The van der Waals surface area contributed by atoms with Crippen LogP contribution < -0.4 is 5.32 Å². The maximum absolute atomic E-state index is 11.3. The molecular weight excluding hydrogens is 222 g/mol. The number of benzene rings is 1. The van der Waals surface area contributed by atoms with Gasteiger partial charge in [-0.15, -0.1) is 0 Å². The zero-order chi connectivity index (χ0) is 12.5. The number of carboxylic acid groups (broad SMARTS) is 1. The monoisotopic (exact) mass is 235 g/mol. The van der Waals surface area contributed by atoms with Gasteiger partial charge in [0.25, 0.3) is 0 Å². The molecule has 1 amide bonds. The van der Waals surface area contributed by atoms with E-state index in [1.807, 2.05) is 0 Å². The van der Waals surface area contributed by atoms with Crippen LogP contribution in [0.3, 0.4) is 0 Å². The Morgan fingerprint density at radius 3 is 2.82 bits per heavy atom. The molecular formula is C12H13NO4. The average Bonchev–Trinajstić information content (AvgIpc) is 2.28. The zero-order valence-electron chi connectivity index (χ0n) is 9.40. The standard InChI is InChI=1S/C12H13NO4/c1-12(6-7-17-11(16)13-12)9-5-3-2-4-8(9)10(14)15/h2-5H,6-7H2,1H3,(H,13,16)(H,14,15). The highest BCUT2D eigenvalue weighted by molar-refractivity contribution is 5.90. The Labute approximate surface area is 98.4 Å². The van der Waals surface area contributed by atoms with E-state index in [9.17, 15) is 9.59 Å². The van der Waals surface area contributed by atoms with Gasteiger partial charge in [-0.25, -0.2) is 9.59 Å². The highest BCUT2D eigenvalue weighted by Crippen LogP contribution is 2.30. The summed E-state index contributed by atoms with van der Waals surface area (Å²) in [5.74, 6) is -0.998. The van der Waals surface area contributed by atoms with E-state index in [0.717, 1.165) is 0 Å². The smallest absolute Gasteiger partial charge is 0.407 e. The predicted molar refractivity (Wildman–Crippen MR) is 59.9 cm³/mol. The summed E-state index contributed by atoms with van der Waals surface area (Å²) >= 11 is 0. The number of ether oxygens (including phenoxy) is 1. The predicted octanol–water partition coefficient (Wildman–Crippen LogP) is 1.73. The summed E-state index contributed by atoms with van der Waals surface area (Å²) in [5.41, 5.74) is 0.117. The van der Waals surface area contributed by atoms with E-state index in [0.29, 0.717) is 12.0 Å². The first-order chi connectivity index (χ1) is 8.03. The largest absolute Gasteiger partial charge is 0.478 e. The first-order valence-electron chi connectivity index (χ1n) is 5.31. The molecule has 1 aromatic carbocycles. The van der Waals surface area contributed by atoms with E-state index in [-0.39, 0.29) is 12.2 Å². The van der Waals surface area contributed by atoms with Crippen LogP contribution >= 0.6 is 0 Å². The van der Waals surface area contributed by atoms with Crippen LogP contribution in [0.2, 0.25) is 0 Å². The van der Waals surface area contributed by atoms with Crippen LogP contribution in [0.1, 0.15) is 29.3 Å². The van der Waals surface area contributed by atoms with E-state index < -0.39 is 17.6 Å². The molecule has 1 aliphatic rings. The first kappa shape index (κ1) is 11.4. The van der Waals surface area contributed by atoms with Crippen molar-refractivity contribution >= 4 is 12.1 Å². The van der Waals surface area contributed by atoms with Gasteiger partial charge in [0, 0.05) is 6.42 Å². The van der Waals surface area contributed by atoms with Gasteiger partial charge in [-0.3, -0.25) is 0 Å². The minimum atomic E-state index is -0.998. The molecule has 1 aromatic rings. The fourth-order valence-corrected chi connectivity index (χ4v) is 2.02. The molecule has 1 saturated heterocycles. The van der Waals surface area contributed by atoms with E-state index in [1.54, 1.807) is 25.1 Å². The third kappa shape index (κ3) is 2.08. The maximum Gasteiger partial charge on any atom is 0.407 e. The molecule has 0 aromatic heterocycles. The van der Waals surface area contributed by atoms with E-state index in [4.69, 9.17) is 9.84 Å². The van der Waals surface area contributed by atoms with Crippen molar-refractivity contribution in [3.05, 3.63) is 35.4 Å². The van der Waals surface area contributed by atoms with Gasteiger partial charge in [0.15, 0.2) is 0 Å². The van der Waals surface area contributed by atoms with Crippen molar-refractivity contribution in [1.82, 2.24) is 5.32 Å². The molecule has 2 rings (SSSR count). The maximum atomic E-state index is 11.3. The van der Waals surface area contributed by atoms with Gasteiger partial charge in [0.2, 0.25) is 0 Å². The van der Waals surface area contributed by atoms with Gasteiger partial charge >= 0.3 is 12.1 Å². The highest BCUT2D eigenvalue weighted by Gasteiger charge is 2.35. The SMILES string of the molecule is CC1(c2ccccc2C(=O)O)CCOC(=O)N1. The average molecular weight is 235 g/mol. The fraction of sp³-hybridized carbons (Fsp3) is 0.333. The van der Waals surface area contributed by atoms with Crippen molar-refractivity contribution in [1.29, 1.82) is 0 Å². The molecule has 0 radical (unpaired) electrons. The lowest BCUT2D eigenvalue weighted by molar-refractivity contribution is 0.0680. The molecule has 1 atom stereocenters. The van der Waals surface area contributed by atoms with Crippen molar-refractivity contribution < 1.29 is 19.4 Å². The number of aromatic carboxylic acids is 1. The third-order valence-electron chi connectivity index (χ3n) is 2.97. The van der Waals surface area contributed by atoms with Crippen LogP contribution in [-0.2, 0) is 10.3 Å². The summed E-state index contributed by atoms with van der Waals surface area (Å²) in [6.45, 7) is 2.09. The van der Waals surface area contributed by atoms with Crippen molar-refractivity contribution in [2.75, 3.05) is 6.61 Å². The van der Waals surface area contributed by atoms with Crippen LogP contribution in [0.25, 0.3) is 0 Å². The Balaban J connectivity index is 2.45. The summed E-state index contributed by atoms with van der Waals surface area (Å²) in [4.78, 5) is 22.4. The molecule has 90 valence electrons. The second kappa shape index (κ2) is 4.08. The number of carboxylic acids is 1. The van der Waals surface area contributed by atoms with E-state index in [2.05, 4.69) is 5.32 Å². The minimum Gasteiger partial charge on any atom is -0.478 e. The molecule has 1 unspecified atom stereocenters. The number of alkyl carbamates (subject to hydrolysis) is 1. The van der Waals surface area contributed by atoms with Crippen LogP contribution in [0.5, 0.6) is 0 Å². The van der Waals surface area contributed by atoms with Crippen LogP contribution in [0.4, 0.5) is 4.79 Å². The van der Waals surface area contributed by atoms with Crippen LogP contribution in [-0.4, -0.2) is 23.8 Å². The molecule has 1 aliphatic heterocycles. The minimum absolute atomic E-state index is 0.206. The lowest BCUT2D eigenvalue weighted by Crippen LogP contribution is -2.49. The lowest BCUT2D eigenvalue weighted by atomic mass is 9.85. The Bertz CT molecular complexity index is 471. The second-order valence-electron chi connectivity index (χ2n) is 4.19. The summed E-state index contributed by atoms with van der Waals surface area (Å²) in [7, 11) is 0. The molecule has 1 heterocycles. The van der Waals surface area contributed by atoms with Gasteiger partial charge in [-0.1, -0.05) is 18.2 Å². The molecule has 5 heteroatoms. The normalized spacial score (nSPS) is 23.7. The van der Waals surface area contributed by atoms with Crippen molar-refractivity contribution in [3.63, 3.8) is 0 Å². The number of nitrogens with one attached hydrogen (secondary N) is 1. The number of carbonyl (C=O) groups excluding carboxylic acids is 1. The highest BCUT2D eigenvalue weighted by atomic mass is 16.6. The molecule has 2 N–H and O–H groups in total. The number of hydrogen-bond donors (Lipinski definition) is 2. The van der Waals surface area contributed by atoms with Gasteiger partial charge < -0.3 is 15.2 Å². The Hall–Kier alpha value is -2.04. The summed E-state index contributed by atoms with van der Waals surface area (Å²) < 4.78 is 4.80. The topological polar surface area (TPSA) is 75.6 Å². The second-order valence-corrected chi connectivity index (χ2v) is 4.19. The van der Waals surface area contributed by atoms with E-state index >= 15 is 0 Å².